The minimum absolute atomic E-state index is 0.327. The standard InChI is InChI=1S/C15H23NO2/c1-12-5-4-6-15(9-12)17-8-7-16-10-13(2)18-14(3)11-16/h4-6,9,13-14H,7-8,10-11H2,1-3H3. The molecular formula is C15H23NO2. The van der Waals surface area contributed by atoms with E-state index in [1.165, 1.54) is 5.56 Å². The molecule has 0 aromatic heterocycles. The highest BCUT2D eigenvalue weighted by atomic mass is 16.5. The maximum atomic E-state index is 5.78. The topological polar surface area (TPSA) is 21.7 Å². The van der Waals surface area contributed by atoms with Crippen molar-refractivity contribution in [2.24, 2.45) is 0 Å². The molecule has 1 aliphatic heterocycles. The van der Waals surface area contributed by atoms with Crippen LogP contribution in [0, 0.1) is 6.92 Å². The molecule has 0 N–H and O–H groups in total. The number of morpholine rings is 1. The van der Waals surface area contributed by atoms with Gasteiger partial charge in [-0.15, -0.1) is 0 Å². The number of hydrogen-bond acceptors (Lipinski definition) is 3. The molecule has 1 aromatic carbocycles. The lowest BCUT2D eigenvalue weighted by molar-refractivity contribution is -0.0699. The van der Waals surface area contributed by atoms with E-state index in [9.17, 15) is 0 Å². The van der Waals surface area contributed by atoms with Crippen LogP contribution < -0.4 is 4.74 Å². The molecule has 2 atom stereocenters. The Hall–Kier alpha value is -1.06. The first kappa shape index (κ1) is 13.4. The molecule has 1 fully saturated rings. The quantitative estimate of drug-likeness (QED) is 0.818. The van der Waals surface area contributed by atoms with Gasteiger partial charge in [0.1, 0.15) is 12.4 Å². The van der Waals surface area contributed by atoms with Crippen LogP contribution in [0.3, 0.4) is 0 Å². The molecule has 0 radical (unpaired) electrons. The summed E-state index contributed by atoms with van der Waals surface area (Å²) in [4.78, 5) is 2.41. The minimum Gasteiger partial charge on any atom is -0.492 e. The lowest BCUT2D eigenvalue weighted by atomic mass is 10.2. The molecule has 2 rings (SSSR count). The Morgan fingerprint density at radius 1 is 1.28 bits per heavy atom. The summed E-state index contributed by atoms with van der Waals surface area (Å²) in [5.41, 5.74) is 1.24. The molecule has 2 unspecified atom stereocenters. The molecule has 0 bridgehead atoms. The van der Waals surface area contributed by atoms with E-state index in [2.05, 4.69) is 37.8 Å². The monoisotopic (exact) mass is 249 g/mol. The molecule has 1 heterocycles. The maximum Gasteiger partial charge on any atom is 0.119 e. The largest absolute Gasteiger partial charge is 0.492 e. The Kier molecular flexibility index (Phi) is 4.61. The van der Waals surface area contributed by atoms with Gasteiger partial charge in [-0.3, -0.25) is 4.90 Å². The first-order valence-electron chi connectivity index (χ1n) is 6.71. The second-order valence-corrected chi connectivity index (χ2v) is 5.18. The molecular weight excluding hydrogens is 226 g/mol. The molecule has 1 aliphatic rings. The Bertz CT molecular complexity index is 371. The van der Waals surface area contributed by atoms with Crippen LogP contribution in [-0.4, -0.2) is 43.3 Å². The van der Waals surface area contributed by atoms with Crippen molar-refractivity contribution in [3.8, 4) is 5.75 Å². The van der Waals surface area contributed by atoms with Crippen LogP contribution in [0.15, 0.2) is 24.3 Å². The van der Waals surface area contributed by atoms with Gasteiger partial charge in [0.2, 0.25) is 0 Å². The number of benzene rings is 1. The molecule has 3 nitrogen and oxygen atoms in total. The lowest BCUT2D eigenvalue weighted by Crippen LogP contribution is -2.46. The van der Waals surface area contributed by atoms with Crippen LogP contribution in [-0.2, 0) is 4.74 Å². The zero-order chi connectivity index (χ0) is 13.0. The third-order valence-corrected chi connectivity index (χ3v) is 3.16. The average Bonchev–Trinajstić information content (AvgIpc) is 2.27. The molecule has 0 spiro atoms. The van der Waals surface area contributed by atoms with E-state index in [4.69, 9.17) is 9.47 Å². The van der Waals surface area contributed by atoms with Crippen molar-refractivity contribution in [2.75, 3.05) is 26.2 Å². The van der Waals surface area contributed by atoms with Crippen molar-refractivity contribution in [3.63, 3.8) is 0 Å². The fraction of sp³-hybridized carbons (Fsp3) is 0.600. The van der Waals surface area contributed by atoms with Crippen LogP contribution in [0.5, 0.6) is 5.75 Å². The molecule has 0 amide bonds. The van der Waals surface area contributed by atoms with Crippen molar-refractivity contribution in [3.05, 3.63) is 29.8 Å². The number of aryl methyl sites for hydroxylation is 1. The van der Waals surface area contributed by atoms with Crippen molar-refractivity contribution in [1.82, 2.24) is 4.90 Å². The highest BCUT2D eigenvalue weighted by Crippen LogP contribution is 2.13. The fourth-order valence-electron chi connectivity index (χ4n) is 2.46. The highest BCUT2D eigenvalue weighted by molar-refractivity contribution is 5.27. The van der Waals surface area contributed by atoms with E-state index in [0.717, 1.165) is 32.0 Å². The third kappa shape index (κ3) is 4.00. The summed E-state index contributed by atoms with van der Waals surface area (Å²) >= 11 is 0. The average molecular weight is 249 g/mol. The van der Waals surface area contributed by atoms with E-state index < -0.39 is 0 Å². The van der Waals surface area contributed by atoms with Crippen LogP contribution in [0.4, 0.5) is 0 Å². The van der Waals surface area contributed by atoms with Gasteiger partial charge in [-0.1, -0.05) is 12.1 Å². The van der Waals surface area contributed by atoms with Gasteiger partial charge < -0.3 is 9.47 Å². The molecule has 1 aromatic rings. The van der Waals surface area contributed by atoms with Crippen LogP contribution in [0.2, 0.25) is 0 Å². The predicted octanol–water partition coefficient (Wildman–Crippen LogP) is 2.48. The third-order valence-electron chi connectivity index (χ3n) is 3.16. The summed E-state index contributed by atoms with van der Waals surface area (Å²) in [5.74, 6) is 0.962. The van der Waals surface area contributed by atoms with Crippen LogP contribution in [0.1, 0.15) is 19.4 Å². The Morgan fingerprint density at radius 2 is 2.00 bits per heavy atom. The van der Waals surface area contributed by atoms with Crippen LogP contribution in [0.25, 0.3) is 0 Å². The van der Waals surface area contributed by atoms with Crippen LogP contribution >= 0.6 is 0 Å². The zero-order valence-corrected chi connectivity index (χ0v) is 11.6. The minimum atomic E-state index is 0.327. The summed E-state index contributed by atoms with van der Waals surface area (Å²) in [5, 5.41) is 0. The number of hydrogen-bond donors (Lipinski definition) is 0. The molecule has 0 aliphatic carbocycles. The zero-order valence-electron chi connectivity index (χ0n) is 11.6. The first-order chi connectivity index (χ1) is 8.63. The molecule has 3 heteroatoms. The van der Waals surface area contributed by atoms with E-state index in [-0.39, 0.29) is 0 Å². The van der Waals surface area contributed by atoms with Gasteiger partial charge in [0.15, 0.2) is 0 Å². The number of nitrogens with zero attached hydrogens (tertiary/aromatic N) is 1. The number of ether oxygens (including phenoxy) is 2. The van der Waals surface area contributed by atoms with Gasteiger partial charge in [-0.2, -0.15) is 0 Å². The maximum absolute atomic E-state index is 5.78. The predicted molar refractivity (Wildman–Crippen MR) is 73.1 cm³/mol. The van der Waals surface area contributed by atoms with Gasteiger partial charge >= 0.3 is 0 Å². The summed E-state index contributed by atoms with van der Waals surface area (Å²) in [6, 6.07) is 8.20. The Balaban J connectivity index is 1.75. The van der Waals surface area contributed by atoms with Crippen molar-refractivity contribution in [2.45, 2.75) is 33.0 Å². The number of rotatable bonds is 4. The van der Waals surface area contributed by atoms with Crippen molar-refractivity contribution >= 4 is 0 Å². The van der Waals surface area contributed by atoms with E-state index in [1.807, 2.05) is 12.1 Å². The highest BCUT2D eigenvalue weighted by Gasteiger charge is 2.21. The lowest BCUT2D eigenvalue weighted by Gasteiger charge is -2.35. The molecule has 1 saturated heterocycles. The van der Waals surface area contributed by atoms with Crippen molar-refractivity contribution < 1.29 is 9.47 Å². The van der Waals surface area contributed by atoms with Gasteiger partial charge in [0.05, 0.1) is 12.2 Å². The van der Waals surface area contributed by atoms with Crippen molar-refractivity contribution in [1.29, 1.82) is 0 Å². The summed E-state index contributed by atoms with van der Waals surface area (Å²) in [6.45, 7) is 10.0. The van der Waals surface area contributed by atoms with E-state index >= 15 is 0 Å². The SMILES string of the molecule is Cc1cccc(OCCN2CC(C)OC(C)C2)c1. The van der Waals surface area contributed by atoms with E-state index in [1.54, 1.807) is 0 Å². The Morgan fingerprint density at radius 3 is 2.67 bits per heavy atom. The smallest absolute Gasteiger partial charge is 0.119 e. The molecule has 100 valence electrons. The normalized spacial score (nSPS) is 25.1. The second-order valence-electron chi connectivity index (χ2n) is 5.18. The Labute approximate surface area is 110 Å². The van der Waals surface area contributed by atoms with E-state index in [0.29, 0.717) is 12.2 Å². The summed E-state index contributed by atoms with van der Waals surface area (Å²) in [6.07, 6.45) is 0.653. The van der Waals surface area contributed by atoms with Gasteiger partial charge in [-0.05, 0) is 38.5 Å². The summed E-state index contributed by atoms with van der Waals surface area (Å²) < 4.78 is 11.5. The first-order valence-corrected chi connectivity index (χ1v) is 6.71. The van der Waals surface area contributed by atoms with Gasteiger partial charge in [0.25, 0.3) is 0 Å². The second kappa shape index (κ2) is 6.21. The fourth-order valence-corrected chi connectivity index (χ4v) is 2.46. The van der Waals surface area contributed by atoms with Gasteiger partial charge in [-0.25, -0.2) is 0 Å². The van der Waals surface area contributed by atoms with Gasteiger partial charge in [0, 0.05) is 19.6 Å². The summed E-state index contributed by atoms with van der Waals surface area (Å²) in [7, 11) is 0. The molecule has 0 saturated carbocycles. The molecule has 18 heavy (non-hydrogen) atoms.